The van der Waals surface area contributed by atoms with Crippen molar-refractivity contribution in [1.29, 1.82) is 0 Å². The predicted molar refractivity (Wildman–Crippen MR) is 61.8 cm³/mol. The summed E-state index contributed by atoms with van der Waals surface area (Å²) in [5.41, 5.74) is -0.0213. The van der Waals surface area contributed by atoms with Gasteiger partial charge in [0.05, 0.1) is 11.2 Å². The predicted octanol–water partition coefficient (Wildman–Crippen LogP) is 2.24. The number of nitrogens with one attached hydrogen (secondary N) is 1. The molecular formula is C11H11N3O3. The van der Waals surface area contributed by atoms with Crippen LogP contribution < -0.4 is 5.32 Å². The SMILES string of the molecule is O=[N+]([O-])c1cccnc1NCCc1ccco1. The molecule has 0 aromatic carbocycles. The Balaban J connectivity index is 1.97. The summed E-state index contributed by atoms with van der Waals surface area (Å²) >= 11 is 0. The van der Waals surface area contributed by atoms with E-state index in [1.54, 1.807) is 12.3 Å². The Morgan fingerprint density at radius 2 is 2.29 bits per heavy atom. The second kappa shape index (κ2) is 5.11. The quantitative estimate of drug-likeness (QED) is 0.632. The van der Waals surface area contributed by atoms with E-state index < -0.39 is 4.92 Å². The van der Waals surface area contributed by atoms with Crippen LogP contribution in [0.5, 0.6) is 0 Å². The minimum absolute atomic E-state index is 0.0213. The third kappa shape index (κ3) is 2.81. The Morgan fingerprint density at radius 1 is 1.41 bits per heavy atom. The Bertz CT molecular complexity index is 496. The second-order valence-electron chi connectivity index (χ2n) is 3.38. The van der Waals surface area contributed by atoms with Gasteiger partial charge in [0.1, 0.15) is 5.76 Å². The first-order valence-electron chi connectivity index (χ1n) is 5.13. The number of anilines is 1. The van der Waals surface area contributed by atoms with Crippen molar-refractivity contribution in [3.63, 3.8) is 0 Å². The Labute approximate surface area is 97.4 Å². The normalized spacial score (nSPS) is 10.1. The van der Waals surface area contributed by atoms with E-state index >= 15 is 0 Å². The van der Waals surface area contributed by atoms with Crippen molar-refractivity contribution < 1.29 is 9.34 Å². The lowest BCUT2D eigenvalue weighted by Crippen LogP contribution is -2.07. The fourth-order valence-corrected chi connectivity index (χ4v) is 1.44. The van der Waals surface area contributed by atoms with E-state index in [2.05, 4.69) is 10.3 Å². The van der Waals surface area contributed by atoms with Crippen LogP contribution in [-0.2, 0) is 6.42 Å². The van der Waals surface area contributed by atoms with Gasteiger partial charge in [0.25, 0.3) is 0 Å². The van der Waals surface area contributed by atoms with Crippen LogP contribution >= 0.6 is 0 Å². The summed E-state index contributed by atoms with van der Waals surface area (Å²) in [4.78, 5) is 14.2. The molecule has 0 atom stereocenters. The maximum absolute atomic E-state index is 10.7. The number of aromatic nitrogens is 1. The molecule has 88 valence electrons. The number of nitro groups is 1. The molecule has 2 aromatic heterocycles. The molecule has 6 heteroatoms. The number of rotatable bonds is 5. The molecule has 0 aliphatic carbocycles. The van der Waals surface area contributed by atoms with Crippen molar-refractivity contribution in [2.24, 2.45) is 0 Å². The molecule has 0 unspecified atom stereocenters. The lowest BCUT2D eigenvalue weighted by atomic mass is 10.3. The molecule has 2 aromatic rings. The highest BCUT2D eigenvalue weighted by Gasteiger charge is 2.13. The molecule has 0 bridgehead atoms. The van der Waals surface area contributed by atoms with E-state index in [1.807, 2.05) is 6.07 Å². The van der Waals surface area contributed by atoms with E-state index in [0.717, 1.165) is 5.76 Å². The fourth-order valence-electron chi connectivity index (χ4n) is 1.44. The van der Waals surface area contributed by atoms with Crippen molar-refractivity contribution in [3.05, 3.63) is 52.6 Å². The summed E-state index contributed by atoms with van der Waals surface area (Å²) in [6, 6.07) is 6.62. The monoisotopic (exact) mass is 233 g/mol. The van der Waals surface area contributed by atoms with Gasteiger partial charge in [-0.2, -0.15) is 0 Å². The van der Waals surface area contributed by atoms with E-state index in [-0.39, 0.29) is 11.5 Å². The molecule has 2 rings (SSSR count). The molecule has 1 N–H and O–H groups in total. The van der Waals surface area contributed by atoms with Crippen LogP contribution in [0.25, 0.3) is 0 Å². The molecule has 0 aliphatic rings. The topological polar surface area (TPSA) is 81.2 Å². The number of hydrogen-bond donors (Lipinski definition) is 1. The average molecular weight is 233 g/mol. The molecule has 2 heterocycles. The fraction of sp³-hybridized carbons (Fsp3) is 0.182. The highest BCUT2D eigenvalue weighted by atomic mass is 16.6. The first kappa shape index (κ1) is 11.1. The number of furan rings is 1. The number of nitrogens with zero attached hydrogens (tertiary/aromatic N) is 2. The van der Waals surface area contributed by atoms with Crippen molar-refractivity contribution in [3.8, 4) is 0 Å². The van der Waals surface area contributed by atoms with E-state index in [4.69, 9.17) is 4.42 Å². The highest BCUT2D eigenvalue weighted by molar-refractivity contribution is 5.54. The van der Waals surface area contributed by atoms with Gasteiger partial charge in [-0.25, -0.2) is 4.98 Å². The van der Waals surface area contributed by atoms with Gasteiger partial charge in [0.15, 0.2) is 0 Å². The first-order valence-corrected chi connectivity index (χ1v) is 5.13. The molecule has 0 saturated heterocycles. The van der Waals surface area contributed by atoms with Gasteiger partial charge in [-0.15, -0.1) is 0 Å². The lowest BCUT2D eigenvalue weighted by molar-refractivity contribution is -0.384. The van der Waals surface area contributed by atoms with Gasteiger partial charge >= 0.3 is 5.69 Å². The molecule has 0 radical (unpaired) electrons. The smallest absolute Gasteiger partial charge is 0.311 e. The van der Waals surface area contributed by atoms with Gasteiger partial charge in [-0.1, -0.05) is 0 Å². The lowest BCUT2D eigenvalue weighted by Gasteiger charge is -2.04. The highest BCUT2D eigenvalue weighted by Crippen LogP contribution is 2.19. The molecule has 0 amide bonds. The van der Waals surface area contributed by atoms with Crippen molar-refractivity contribution >= 4 is 11.5 Å². The maximum Gasteiger partial charge on any atom is 0.311 e. The van der Waals surface area contributed by atoms with Crippen molar-refractivity contribution in [2.75, 3.05) is 11.9 Å². The van der Waals surface area contributed by atoms with Crippen LogP contribution in [-0.4, -0.2) is 16.5 Å². The van der Waals surface area contributed by atoms with E-state index in [1.165, 1.54) is 18.3 Å². The maximum atomic E-state index is 10.7. The van der Waals surface area contributed by atoms with Gasteiger partial charge < -0.3 is 9.73 Å². The molecule has 6 nitrogen and oxygen atoms in total. The van der Waals surface area contributed by atoms with Gasteiger partial charge in [0.2, 0.25) is 5.82 Å². The van der Waals surface area contributed by atoms with E-state index in [0.29, 0.717) is 13.0 Å². The second-order valence-corrected chi connectivity index (χ2v) is 3.38. The number of pyridine rings is 1. The van der Waals surface area contributed by atoms with Crippen LogP contribution in [0.1, 0.15) is 5.76 Å². The zero-order valence-electron chi connectivity index (χ0n) is 9.00. The number of hydrogen-bond acceptors (Lipinski definition) is 5. The summed E-state index contributed by atoms with van der Waals surface area (Å²) in [5, 5.41) is 13.6. The summed E-state index contributed by atoms with van der Waals surface area (Å²) in [6.07, 6.45) is 3.77. The van der Waals surface area contributed by atoms with Gasteiger partial charge in [-0.05, 0) is 18.2 Å². The third-order valence-corrected chi connectivity index (χ3v) is 2.23. The summed E-state index contributed by atoms with van der Waals surface area (Å²) in [5.74, 6) is 1.11. The minimum atomic E-state index is -0.456. The molecule has 17 heavy (non-hydrogen) atoms. The zero-order chi connectivity index (χ0) is 12.1. The van der Waals surface area contributed by atoms with Crippen LogP contribution in [0.4, 0.5) is 11.5 Å². The van der Waals surface area contributed by atoms with Gasteiger partial charge in [-0.3, -0.25) is 10.1 Å². The van der Waals surface area contributed by atoms with Crippen molar-refractivity contribution in [2.45, 2.75) is 6.42 Å². The molecule has 0 fully saturated rings. The summed E-state index contributed by atoms with van der Waals surface area (Å²) in [6.45, 7) is 0.533. The largest absolute Gasteiger partial charge is 0.469 e. The van der Waals surface area contributed by atoms with Gasteiger partial charge in [0, 0.05) is 25.2 Å². The van der Waals surface area contributed by atoms with Crippen LogP contribution in [0.2, 0.25) is 0 Å². The average Bonchev–Trinajstić information content (AvgIpc) is 2.82. The molecular weight excluding hydrogens is 222 g/mol. The molecule has 0 spiro atoms. The van der Waals surface area contributed by atoms with Crippen LogP contribution in [0.3, 0.4) is 0 Å². The van der Waals surface area contributed by atoms with Crippen LogP contribution in [0.15, 0.2) is 41.1 Å². The minimum Gasteiger partial charge on any atom is -0.469 e. The summed E-state index contributed by atoms with van der Waals surface area (Å²) in [7, 11) is 0. The van der Waals surface area contributed by atoms with Crippen molar-refractivity contribution in [1.82, 2.24) is 4.98 Å². The third-order valence-electron chi connectivity index (χ3n) is 2.23. The Hall–Kier alpha value is -2.37. The molecule has 0 saturated carbocycles. The summed E-state index contributed by atoms with van der Waals surface area (Å²) < 4.78 is 5.15. The standard InChI is InChI=1S/C11H11N3O3/c15-14(16)10-4-1-6-12-11(10)13-7-5-9-3-2-8-17-9/h1-4,6,8H,5,7H2,(H,12,13). The zero-order valence-corrected chi connectivity index (χ0v) is 9.00. The van der Waals surface area contributed by atoms with E-state index in [9.17, 15) is 10.1 Å². The molecule has 0 aliphatic heterocycles. The first-order chi connectivity index (χ1) is 8.27. The van der Waals surface area contributed by atoms with Crippen LogP contribution in [0, 0.1) is 10.1 Å². The Kier molecular flexibility index (Phi) is 3.34. The Morgan fingerprint density at radius 3 is 3.00 bits per heavy atom.